The summed E-state index contributed by atoms with van der Waals surface area (Å²) in [6.07, 6.45) is 0.507. The number of para-hydroxylation sites is 2. The Hall–Kier alpha value is -1.69. The van der Waals surface area contributed by atoms with Crippen LogP contribution in [0.3, 0.4) is 0 Å². The third-order valence-electron chi connectivity index (χ3n) is 4.55. The van der Waals surface area contributed by atoms with Gasteiger partial charge < -0.3 is 15.5 Å². The highest BCUT2D eigenvalue weighted by Gasteiger charge is 2.23. The minimum absolute atomic E-state index is 0. The second-order valence-electron chi connectivity index (χ2n) is 6.27. The lowest BCUT2D eigenvalue weighted by atomic mass is 10.0. The van der Waals surface area contributed by atoms with Gasteiger partial charge in [-0.2, -0.15) is 0 Å². The molecular weight excluding hydrogens is 354 g/mol. The zero-order valence-corrected chi connectivity index (χ0v) is 15.5. The minimum atomic E-state index is 0. The molecule has 4 rings (SSSR count). The summed E-state index contributed by atoms with van der Waals surface area (Å²) in [6.45, 7) is 3.52. The standard InChI is InChI=1S/C19H21N3OS.ClH/c23-19(21-13-14-11-20-12-14)9-10-22-15-5-1-3-7-17(15)24-18-8-4-2-6-16(18)22;/h1-8,14,20H,9-13H2,(H,21,23);1H. The first-order valence-electron chi connectivity index (χ1n) is 8.42. The number of nitrogens with one attached hydrogen (secondary N) is 2. The van der Waals surface area contributed by atoms with Crippen molar-refractivity contribution in [3.05, 3.63) is 48.5 Å². The molecule has 1 fully saturated rings. The highest BCUT2D eigenvalue weighted by Crippen LogP contribution is 2.47. The number of benzene rings is 2. The number of amides is 1. The van der Waals surface area contributed by atoms with Crippen molar-refractivity contribution >= 4 is 41.5 Å². The smallest absolute Gasteiger partial charge is 0.221 e. The van der Waals surface area contributed by atoms with Crippen LogP contribution in [-0.2, 0) is 4.79 Å². The van der Waals surface area contributed by atoms with Crippen molar-refractivity contribution in [2.24, 2.45) is 5.92 Å². The number of halogens is 1. The van der Waals surface area contributed by atoms with Gasteiger partial charge >= 0.3 is 0 Å². The maximum Gasteiger partial charge on any atom is 0.221 e. The van der Waals surface area contributed by atoms with Gasteiger partial charge in [-0.3, -0.25) is 4.79 Å². The summed E-state index contributed by atoms with van der Waals surface area (Å²) in [7, 11) is 0. The molecule has 132 valence electrons. The van der Waals surface area contributed by atoms with Crippen molar-refractivity contribution in [2.45, 2.75) is 16.2 Å². The molecule has 2 aliphatic rings. The van der Waals surface area contributed by atoms with Crippen molar-refractivity contribution in [2.75, 3.05) is 31.1 Å². The molecule has 0 aliphatic carbocycles. The maximum absolute atomic E-state index is 12.2. The topological polar surface area (TPSA) is 44.4 Å². The number of hydrogen-bond donors (Lipinski definition) is 2. The van der Waals surface area contributed by atoms with Gasteiger partial charge in [0, 0.05) is 48.3 Å². The molecule has 0 bridgehead atoms. The van der Waals surface area contributed by atoms with Crippen molar-refractivity contribution in [1.29, 1.82) is 0 Å². The quantitative estimate of drug-likeness (QED) is 0.840. The molecule has 1 amide bonds. The Morgan fingerprint density at radius 2 is 1.68 bits per heavy atom. The predicted molar refractivity (Wildman–Crippen MR) is 105 cm³/mol. The zero-order valence-electron chi connectivity index (χ0n) is 13.9. The highest BCUT2D eigenvalue weighted by atomic mass is 35.5. The first-order valence-corrected chi connectivity index (χ1v) is 9.24. The molecule has 2 aromatic carbocycles. The molecule has 6 heteroatoms. The minimum Gasteiger partial charge on any atom is -0.356 e. The van der Waals surface area contributed by atoms with Crippen molar-refractivity contribution in [1.82, 2.24) is 10.6 Å². The molecule has 2 N–H and O–H groups in total. The molecule has 0 aromatic heterocycles. The molecule has 2 aliphatic heterocycles. The summed E-state index contributed by atoms with van der Waals surface area (Å²) in [5.74, 6) is 0.733. The van der Waals surface area contributed by atoms with E-state index in [-0.39, 0.29) is 18.3 Å². The lowest BCUT2D eigenvalue weighted by Crippen LogP contribution is -2.48. The van der Waals surface area contributed by atoms with Crippen LogP contribution >= 0.6 is 24.2 Å². The molecule has 0 spiro atoms. The summed E-state index contributed by atoms with van der Waals surface area (Å²) in [4.78, 5) is 17.0. The van der Waals surface area contributed by atoms with E-state index in [1.165, 1.54) is 21.2 Å². The van der Waals surface area contributed by atoms with Crippen molar-refractivity contribution in [3.63, 3.8) is 0 Å². The third-order valence-corrected chi connectivity index (χ3v) is 5.68. The zero-order chi connectivity index (χ0) is 16.4. The van der Waals surface area contributed by atoms with Crippen LogP contribution in [0.15, 0.2) is 58.3 Å². The van der Waals surface area contributed by atoms with Crippen LogP contribution in [0.2, 0.25) is 0 Å². The number of rotatable bonds is 5. The first kappa shape index (κ1) is 18.1. The second kappa shape index (κ2) is 8.13. The number of hydrogen-bond acceptors (Lipinski definition) is 4. The molecule has 0 saturated carbocycles. The fraction of sp³-hybridized carbons (Fsp3) is 0.316. The first-order chi connectivity index (χ1) is 11.8. The normalized spacial score (nSPS) is 15.4. The van der Waals surface area contributed by atoms with Crippen LogP contribution in [0, 0.1) is 5.92 Å². The Kier molecular flexibility index (Phi) is 5.89. The molecule has 0 atom stereocenters. The van der Waals surface area contributed by atoms with E-state index < -0.39 is 0 Å². The van der Waals surface area contributed by atoms with Gasteiger partial charge in [0.05, 0.1) is 11.4 Å². The lowest BCUT2D eigenvalue weighted by molar-refractivity contribution is -0.121. The van der Waals surface area contributed by atoms with Gasteiger partial charge in [-0.15, -0.1) is 12.4 Å². The SMILES string of the molecule is Cl.O=C(CCN1c2ccccc2Sc2ccccc21)NCC1CNC1. The van der Waals surface area contributed by atoms with E-state index in [2.05, 4.69) is 64.1 Å². The summed E-state index contributed by atoms with van der Waals surface area (Å²) in [5.41, 5.74) is 2.38. The molecule has 25 heavy (non-hydrogen) atoms. The fourth-order valence-corrected chi connectivity index (χ4v) is 4.17. The summed E-state index contributed by atoms with van der Waals surface area (Å²) in [6, 6.07) is 16.8. The average molecular weight is 376 g/mol. The van der Waals surface area contributed by atoms with E-state index in [0.717, 1.165) is 19.6 Å². The number of carbonyl (C=O) groups excluding carboxylic acids is 1. The monoisotopic (exact) mass is 375 g/mol. The van der Waals surface area contributed by atoms with E-state index in [0.29, 0.717) is 18.9 Å². The molecule has 0 unspecified atom stereocenters. The van der Waals surface area contributed by atoms with Crippen LogP contribution in [0.25, 0.3) is 0 Å². The van der Waals surface area contributed by atoms with Crippen LogP contribution in [0.4, 0.5) is 11.4 Å². The maximum atomic E-state index is 12.2. The summed E-state index contributed by atoms with van der Waals surface area (Å²) >= 11 is 1.80. The van der Waals surface area contributed by atoms with E-state index >= 15 is 0 Å². The van der Waals surface area contributed by atoms with Crippen molar-refractivity contribution in [3.8, 4) is 0 Å². The molecule has 1 saturated heterocycles. The van der Waals surface area contributed by atoms with Gasteiger partial charge in [0.1, 0.15) is 0 Å². The number of fused-ring (bicyclic) bond motifs is 2. The van der Waals surface area contributed by atoms with Gasteiger partial charge in [-0.1, -0.05) is 36.0 Å². The number of carbonyl (C=O) groups is 1. The molecular formula is C19H22ClN3OS. The fourth-order valence-electron chi connectivity index (χ4n) is 3.07. The summed E-state index contributed by atoms with van der Waals surface area (Å²) in [5, 5.41) is 6.29. The van der Waals surface area contributed by atoms with Crippen molar-refractivity contribution < 1.29 is 4.79 Å². The number of nitrogens with zero attached hydrogens (tertiary/aromatic N) is 1. The average Bonchev–Trinajstić information content (AvgIpc) is 2.57. The molecule has 2 heterocycles. The largest absolute Gasteiger partial charge is 0.356 e. The lowest BCUT2D eigenvalue weighted by Gasteiger charge is -2.32. The van der Waals surface area contributed by atoms with Gasteiger partial charge in [0.25, 0.3) is 0 Å². The van der Waals surface area contributed by atoms with Gasteiger partial charge in [-0.05, 0) is 24.3 Å². The van der Waals surface area contributed by atoms with E-state index in [1.54, 1.807) is 11.8 Å². The Bertz CT molecular complexity index is 705. The molecule has 4 nitrogen and oxygen atoms in total. The predicted octanol–water partition coefficient (Wildman–Crippen LogP) is 3.44. The Morgan fingerprint density at radius 3 is 2.24 bits per heavy atom. The third kappa shape index (κ3) is 3.94. The van der Waals surface area contributed by atoms with Gasteiger partial charge in [0.2, 0.25) is 5.91 Å². The second-order valence-corrected chi connectivity index (χ2v) is 7.35. The van der Waals surface area contributed by atoms with Crippen LogP contribution in [0.5, 0.6) is 0 Å². The van der Waals surface area contributed by atoms with Crippen LogP contribution in [-0.4, -0.2) is 32.1 Å². The summed E-state index contributed by atoms with van der Waals surface area (Å²) < 4.78 is 0. The Balaban J connectivity index is 0.00000182. The molecule has 2 aromatic rings. The van der Waals surface area contributed by atoms with Gasteiger partial charge in [0.15, 0.2) is 0 Å². The van der Waals surface area contributed by atoms with E-state index in [4.69, 9.17) is 0 Å². The van der Waals surface area contributed by atoms with E-state index in [1.807, 2.05) is 0 Å². The van der Waals surface area contributed by atoms with E-state index in [9.17, 15) is 4.79 Å². The highest BCUT2D eigenvalue weighted by molar-refractivity contribution is 7.99. The molecule has 0 radical (unpaired) electrons. The van der Waals surface area contributed by atoms with Gasteiger partial charge in [-0.25, -0.2) is 0 Å². The van der Waals surface area contributed by atoms with Crippen LogP contribution in [0.1, 0.15) is 6.42 Å². The number of anilines is 2. The van der Waals surface area contributed by atoms with Crippen LogP contribution < -0.4 is 15.5 Å². The Morgan fingerprint density at radius 1 is 1.08 bits per heavy atom. The Labute approximate surface area is 158 Å².